The van der Waals surface area contributed by atoms with Crippen molar-refractivity contribution in [2.24, 2.45) is 11.7 Å². The van der Waals surface area contributed by atoms with Crippen LogP contribution in [0, 0.1) is 12.8 Å². The first-order valence-corrected chi connectivity index (χ1v) is 7.96. The summed E-state index contributed by atoms with van der Waals surface area (Å²) in [7, 11) is 0. The Morgan fingerprint density at radius 3 is 2.64 bits per heavy atom. The van der Waals surface area contributed by atoms with Crippen LogP contribution in [0.2, 0.25) is 0 Å². The molecule has 2 aromatic rings. The summed E-state index contributed by atoms with van der Waals surface area (Å²) in [6.07, 6.45) is 2.46. The monoisotopic (exact) mass is 319 g/mol. The van der Waals surface area contributed by atoms with Crippen LogP contribution in [0.25, 0.3) is 10.9 Å². The average Bonchev–Trinajstić information content (AvgIpc) is 2.48. The fraction of sp³-hybridized carbons (Fsp3) is 0.500. The van der Waals surface area contributed by atoms with Gasteiger partial charge in [0.05, 0.1) is 5.52 Å². The maximum atomic E-state index is 6.01. The average molecular weight is 320 g/mol. The molecule has 1 aromatic heterocycles. The lowest BCUT2D eigenvalue weighted by atomic mass is 9.91. The minimum atomic E-state index is 0. The molecule has 3 nitrogen and oxygen atoms in total. The first kappa shape index (κ1) is 17.2. The summed E-state index contributed by atoms with van der Waals surface area (Å²) in [5.74, 6) is 0.699. The van der Waals surface area contributed by atoms with E-state index in [1.54, 1.807) is 0 Å². The van der Waals surface area contributed by atoms with Crippen LogP contribution in [0.4, 0.5) is 0 Å². The Morgan fingerprint density at radius 2 is 1.95 bits per heavy atom. The van der Waals surface area contributed by atoms with Gasteiger partial charge >= 0.3 is 0 Å². The van der Waals surface area contributed by atoms with Crippen molar-refractivity contribution < 1.29 is 0 Å². The predicted molar refractivity (Wildman–Crippen MR) is 95.4 cm³/mol. The highest BCUT2D eigenvalue weighted by atomic mass is 35.5. The molecule has 22 heavy (non-hydrogen) atoms. The molecule has 3 rings (SSSR count). The Bertz CT molecular complexity index is 619. The molecule has 0 spiro atoms. The second kappa shape index (κ2) is 7.40. The molecule has 0 amide bonds. The topological polar surface area (TPSA) is 42.1 Å². The molecule has 1 aliphatic heterocycles. The second-order valence-electron chi connectivity index (χ2n) is 6.45. The van der Waals surface area contributed by atoms with Gasteiger partial charge in [0.2, 0.25) is 0 Å². The second-order valence-corrected chi connectivity index (χ2v) is 6.45. The van der Waals surface area contributed by atoms with Crippen LogP contribution >= 0.6 is 12.4 Å². The number of benzene rings is 1. The number of nitrogens with zero attached hydrogens (tertiary/aromatic N) is 2. The highest BCUT2D eigenvalue weighted by Gasteiger charge is 2.21. The molecule has 1 unspecified atom stereocenters. The quantitative estimate of drug-likeness (QED) is 0.941. The zero-order chi connectivity index (χ0) is 14.8. The largest absolute Gasteiger partial charge is 0.328 e. The number of aromatic nitrogens is 1. The minimum Gasteiger partial charge on any atom is -0.328 e. The SMILES string of the molecule is Cc1ccc2cc(CN3CCC(C(C)N)CC3)ccc2n1.Cl. The molecule has 1 saturated heterocycles. The van der Waals surface area contributed by atoms with Crippen molar-refractivity contribution >= 4 is 23.3 Å². The maximum absolute atomic E-state index is 6.01. The van der Waals surface area contributed by atoms with Gasteiger partial charge in [-0.3, -0.25) is 9.88 Å². The lowest BCUT2D eigenvalue weighted by molar-refractivity contribution is 0.166. The number of aryl methyl sites for hydroxylation is 1. The fourth-order valence-electron chi connectivity index (χ4n) is 3.27. The van der Waals surface area contributed by atoms with Crippen LogP contribution < -0.4 is 5.73 Å². The third-order valence-corrected chi connectivity index (χ3v) is 4.67. The van der Waals surface area contributed by atoms with Gasteiger partial charge in [0, 0.05) is 23.7 Å². The van der Waals surface area contributed by atoms with E-state index in [4.69, 9.17) is 5.73 Å². The summed E-state index contributed by atoms with van der Waals surface area (Å²) >= 11 is 0. The Morgan fingerprint density at radius 1 is 1.23 bits per heavy atom. The van der Waals surface area contributed by atoms with Gasteiger partial charge in [0.1, 0.15) is 0 Å². The zero-order valence-electron chi connectivity index (χ0n) is 13.5. The van der Waals surface area contributed by atoms with E-state index in [-0.39, 0.29) is 12.4 Å². The van der Waals surface area contributed by atoms with Gasteiger partial charge in [-0.25, -0.2) is 0 Å². The molecule has 4 heteroatoms. The lowest BCUT2D eigenvalue weighted by Crippen LogP contribution is -2.39. The normalized spacial score (nSPS) is 18.1. The molecule has 1 aromatic carbocycles. The van der Waals surface area contributed by atoms with Crippen molar-refractivity contribution in [2.45, 2.75) is 39.3 Å². The molecule has 0 aliphatic carbocycles. The number of hydrogen-bond donors (Lipinski definition) is 1. The zero-order valence-corrected chi connectivity index (χ0v) is 14.3. The third kappa shape index (κ3) is 3.97. The van der Waals surface area contributed by atoms with E-state index in [2.05, 4.69) is 47.1 Å². The van der Waals surface area contributed by atoms with Crippen molar-refractivity contribution in [3.05, 3.63) is 41.6 Å². The summed E-state index contributed by atoms with van der Waals surface area (Å²) in [4.78, 5) is 7.11. The number of hydrogen-bond acceptors (Lipinski definition) is 3. The van der Waals surface area contributed by atoms with Crippen molar-refractivity contribution in [3.8, 4) is 0 Å². The summed E-state index contributed by atoms with van der Waals surface area (Å²) < 4.78 is 0. The number of rotatable bonds is 3. The van der Waals surface area contributed by atoms with E-state index in [0.29, 0.717) is 12.0 Å². The molecule has 1 fully saturated rings. The number of nitrogens with two attached hydrogens (primary N) is 1. The standard InChI is InChI=1S/C18H25N3.ClH/c1-13-3-5-17-11-15(4-6-18(17)20-13)12-21-9-7-16(8-10-21)14(2)19;/h3-6,11,14,16H,7-10,12,19H2,1-2H3;1H. The molecule has 0 radical (unpaired) electrons. The number of pyridine rings is 1. The van der Waals surface area contributed by atoms with Crippen LogP contribution in [0.3, 0.4) is 0 Å². The Hall–Kier alpha value is -1.16. The molecular formula is C18H26ClN3. The molecular weight excluding hydrogens is 294 g/mol. The molecule has 1 aliphatic rings. The van der Waals surface area contributed by atoms with Crippen molar-refractivity contribution in [3.63, 3.8) is 0 Å². The third-order valence-electron chi connectivity index (χ3n) is 4.67. The van der Waals surface area contributed by atoms with Crippen LogP contribution in [-0.2, 0) is 6.54 Å². The van der Waals surface area contributed by atoms with Gasteiger partial charge in [-0.05, 0) is 69.5 Å². The summed E-state index contributed by atoms with van der Waals surface area (Å²) in [6, 6.07) is 11.2. The summed E-state index contributed by atoms with van der Waals surface area (Å²) in [5.41, 5.74) is 9.57. The molecule has 0 bridgehead atoms. The first-order chi connectivity index (χ1) is 10.1. The van der Waals surface area contributed by atoms with E-state index in [1.807, 2.05) is 6.92 Å². The van der Waals surface area contributed by atoms with Gasteiger partial charge in [-0.15, -0.1) is 12.4 Å². The molecule has 0 saturated carbocycles. The van der Waals surface area contributed by atoms with Crippen molar-refractivity contribution in [1.82, 2.24) is 9.88 Å². The smallest absolute Gasteiger partial charge is 0.0705 e. The van der Waals surface area contributed by atoms with Gasteiger partial charge in [0.15, 0.2) is 0 Å². The van der Waals surface area contributed by atoms with Crippen LogP contribution in [0.15, 0.2) is 30.3 Å². The lowest BCUT2D eigenvalue weighted by Gasteiger charge is -2.33. The maximum Gasteiger partial charge on any atom is 0.0705 e. The van der Waals surface area contributed by atoms with Crippen molar-refractivity contribution in [2.75, 3.05) is 13.1 Å². The Balaban J connectivity index is 0.00000176. The predicted octanol–water partition coefficient (Wildman–Crippen LogP) is 3.52. The minimum absolute atomic E-state index is 0. The summed E-state index contributed by atoms with van der Waals surface area (Å²) in [6.45, 7) is 7.54. The van der Waals surface area contributed by atoms with Gasteiger partial charge < -0.3 is 5.73 Å². The molecule has 120 valence electrons. The number of halogens is 1. The van der Waals surface area contributed by atoms with E-state index in [9.17, 15) is 0 Å². The fourth-order valence-corrected chi connectivity index (χ4v) is 3.27. The van der Waals surface area contributed by atoms with Gasteiger partial charge in [-0.2, -0.15) is 0 Å². The number of likely N-dealkylation sites (tertiary alicyclic amines) is 1. The van der Waals surface area contributed by atoms with E-state index >= 15 is 0 Å². The highest BCUT2D eigenvalue weighted by Crippen LogP contribution is 2.22. The number of fused-ring (bicyclic) bond motifs is 1. The van der Waals surface area contributed by atoms with E-state index in [1.165, 1.54) is 23.8 Å². The molecule has 2 N–H and O–H groups in total. The van der Waals surface area contributed by atoms with Gasteiger partial charge in [0.25, 0.3) is 0 Å². The van der Waals surface area contributed by atoms with Crippen LogP contribution in [0.5, 0.6) is 0 Å². The highest BCUT2D eigenvalue weighted by molar-refractivity contribution is 5.85. The van der Waals surface area contributed by atoms with Crippen LogP contribution in [0.1, 0.15) is 31.0 Å². The summed E-state index contributed by atoms with van der Waals surface area (Å²) in [5, 5.41) is 1.24. The van der Waals surface area contributed by atoms with E-state index < -0.39 is 0 Å². The number of piperidine rings is 1. The van der Waals surface area contributed by atoms with Gasteiger partial charge in [-0.1, -0.05) is 12.1 Å². The Labute approximate surface area is 139 Å². The first-order valence-electron chi connectivity index (χ1n) is 7.96. The van der Waals surface area contributed by atoms with Crippen molar-refractivity contribution in [1.29, 1.82) is 0 Å². The molecule has 2 heterocycles. The Kier molecular flexibility index (Phi) is 5.79. The molecule has 1 atom stereocenters. The van der Waals surface area contributed by atoms with E-state index in [0.717, 1.165) is 30.8 Å². The van der Waals surface area contributed by atoms with Crippen LogP contribution in [-0.4, -0.2) is 29.0 Å².